The van der Waals surface area contributed by atoms with Crippen molar-refractivity contribution < 1.29 is 9.47 Å². The molecule has 3 nitrogen and oxygen atoms in total. The van der Waals surface area contributed by atoms with Crippen LogP contribution in [0.2, 0.25) is 0 Å². The topological polar surface area (TPSA) is 44.5 Å². The summed E-state index contributed by atoms with van der Waals surface area (Å²) in [4.78, 5) is 0. The van der Waals surface area contributed by atoms with Crippen molar-refractivity contribution in [3.05, 3.63) is 29.8 Å². The molecular formula is C14H23NO2. The van der Waals surface area contributed by atoms with Crippen LogP contribution in [0, 0.1) is 5.92 Å². The molecule has 0 spiro atoms. The monoisotopic (exact) mass is 237 g/mol. The van der Waals surface area contributed by atoms with E-state index in [-0.39, 0.29) is 0 Å². The van der Waals surface area contributed by atoms with Crippen molar-refractivity contribution in [2.24, 2.45) is 11.7 Å². The second-order valence-electron chi connectivity index (χ2n) is 4.29. The third-order valence-electron chi connectivity index (χ3n) is 2.98. The van der Waals surface area contributed by atoms with Gasteiger partial charge in [0.2, 0.25) is 0 Å². The van der Waals surface area contributed by atoms with E-state index in [1.54, 1.807) is 14.2 Å². The second kappa shape index (κ2) is 8.09. The molecule has 1 atom stereocenters. The van der Waals surface area contributed by atoms with E-state index in [0.29, 0.717) is 5.92 Å². The van der Waals surface area contributed by atoms with E-state index in [2.05, 4.69) is 12.1 Å². The van der Waals surface area contributed by atoms with Crippen LogP contribution < -0.4 is 10.5 Å². The van der Waals surface area contributed by atoms with E-state index in [1.807, 2.05) is 12.1 Å². The Morgan fingerprint density at radius 1 is 1.18 bits per heavy atom. The number of methoxy groups -OCH3 is 2. The Bertz CT molecular complexity index is 298. The van der Waals surface area contributed by atoms with Gasteiger partial charge in [-0.25, -0.2) is 0 Å². The lowest BCUT2D eigenvalue weighted by Crippen LogP contribution is -2.17. The van der Waals surface area contributed by atoms with Crippen LogP contribution in [0.5, 0.6) is 5.75 Å². The van der Waals surface area contributed by atoms with E-state index in [0.717, 1.165) is 38.2 Å². The highest BCUT2D eigenvalue weighted by molar-refractivity contribution is 5.27. The van der Waals surface area contributed by atoms with E-state index in [4.69, 9.17) is 15.2 Å². The Balaban J connectivity index is 2.43. The van der Waals surface area contributed by atoms with Crippen molar-refractivity contribution in [3.8, 4) is 5.75 Å². The molecule has 96 valence electrons. The molecular weight excluding hydrogens is 214 g/mol. The summed E-state index contributed by atoms with van der Waals surface area (Å²) in [6.45, 7) is 1.55. The molecule has 0 fully saturated rings. The quantitative estimate of drug-likeness (QED) is 0.705. The zero-order valence-electron chi connectivity index (χ0n) is 10.8. The third kappa shape index (κ3) is 5.20. The highest BCUT2D eigenvalue weighted by Crippen LogP contribution is 2.16. The van der Waals surface area contributed by atoms with E-state index < -0.39 is 0 Å². The van der Waals surface area contributed by atoms with Gasteiger partial charge in [-0.15, -0.1) is 0 Å². The molecule has 0 bridgehead atoms. The molecule has 2 N–H and O–H groups in total. The van der Waals surface area contributed by atoms with Crippen LogP contribution >= 0.6 is 0 Å². The van der Waals surface area contributed by atoms with Gasteiger partial charge < -0.3 is 15.2 Å². The Morgan fingerprint density at radius 2 is 1.88 bits per heavy atom. The maximum atomic E-state index is 5.79. The average molecular weight is 237 g/mol. The Morgan fingerprint density at radius 3 is 2.41 bits per heavy atom. The normalized spacial score (nSPS) is 12.4. The first-order valence-corrected chi connectivity index (χ1v) is 6.12. The molecule has 1 aromatic rings. The molecule has 0 aromatic heterocycles. The van der Waals surface area contributed by atoms with Gasteiger partial charge >= 0.3 is 0 Å². The summed E-state index contributed by atoms with van der Waals surface area (Å²) in [5, 5.41) is 0. The molecule has 0 aliphatic rings. The fourth-order valence-electron chi connectivity index (χ4n) is 1.91. The Hall–Kier alpha value is -1.06. The first kappa shape index (κ1) is 14.0. The van der Waals surface area contributed by atoms with Crippen LogP contribution in [0.4, 0.5) is 0 Å². The summed E-state index contributed by atoms with van der Waals surface area (Å²) in [6, 6.07) is 8.21. The van der Waals surface area contributed by atoms with Crippen LogP contribution in [-0.4, -0.2) is 27.4 Å². The molecule has 0 amide bonds. The van der Waals surface area contributed by atoms with Crippen LogP contribution in [0.25, 0.3) is 0 Å². The van der Waals surface area contributed by atoms with E-state index in [1.165, 1.54) is 5.56 Å². The van der Waals surface area contributed by atoms with E-state index >= 15 is 0 Å². The lowest BCUT2D eigenvalue weighted by atomic mass is 9.95. The highest BCUT2D eigenvalue weighted by atomic mass is 16.5. The molecule has 1 aromatic carbocycles. The van der Waals surface area contributed by atoms with Crippen molar-refractivity contribution in [2.45, 2.75) is 19.3 Å². The number of nitrogens with two attached hydrogens (primary N) is 1. The van der Waals surface area contributed by atoms with Gasteiger partial charge in [-0.2, -0.15) is 0 Å². The predicted molar refractivity (Wildman–Crippen MR) is 70.4 cm³/mol. The van der Waals surface area contributed by atoms with E-state index in [9.17, 15) is 0 Å². The van der Waals surface area contributed by atoms with Crippen molar-refractivity contribution in [2.75, 3.05) is 27.4 Å². The Labute approximate surface area is 104 Å². The molecule has 17 heavy (non-hydrogen) atoms. The van der Waals surface area contributed by atoms with Gasteiger partial charge in [-0.3, -0.25) is 0 Å². The van der Waals surface area contributed by atoms with Gasteiger partial charge in [0.05, 0.1) is 7.11 Å². The lowest BCUT2D eigenvalue weighted by molar-refractivity contribution is 0.187. The van der Waals surface area contributed by atoms with Gasteiger partial charge in [0.25, 0.3) is 0 Å². The minimum Gasteiger partial charge on any atom is -0.497 e. The summed E-state index contributed by atoms with van der Waals surface area (Å²) in [7, 11) is 3.42. The fraction of sp³-hybridized carbons (Fsp3) is 0.571. The van der Waals surface area contributed by atoms with Crippen molar-refractivity contribution in [1.82, 2.24) is 0 Å². The fourth-order valence-corrected chi connectivity index (χ4v) is 1.91. The molecule has 0 saturated heterocycles. The summed E-state index contributed by atoms with van der Waals surface area (Å²) in [6.07, 6.45) is 3.23. The molecule has 1 unspecified atom stereocenters. The molecule has 0 saturated carbocycles. The minimum absolute atomic E-state index is 0.540. The SMILES string of the molecule is COCCCC(CN)Cc1ccc(OC)cc1. The van der Waals surface area contributed by atoms with Crippen molar-refractivity contribution in [1.29, 1.82) is 0 Å². The molecule has 3 heteroatoms. The first-order chi connectivity index (χ1) is 8.30. The van der Waals surface area contributed by atoms with Gasteiger partial charge in [0.15, 0.2) is 0 Å². The van der Waals surface area contributed by atoms with Crippen LogP contribution in [0.15, 0.2) is 24.3 Å². The minimum atomic E-state index is 0.540. The number of benzene rings is 1. The smallest absolute Gasteiger partial charge is 0.118 e. The second-order valence-corrected chi connectivity index (χ2v) is 4.29. The van der Waals surface area contributed by atoms with Crippen LogP contribution in [0.3, 0.4) is 0 Å². The number of hydrogen-bond acceptors (Lipinski definition) is 3. The largest absolute Gasteiger partial charge is 0.497 e. The van der Waals surface area contributed by atoms with Crippen LogP contribution in [-0.2, 0) is 11.2 Å². The third-order valence-corrected chi connectivity index (χ3v) is 2.98. The molecule has 0 radical (unpaired) electrons. The summed E-state index contributed by atoms with van der Waals surface area (Å²) < 4.78 is 10.2. The zero-order chi connectivity index (χ0) is 12.5. The van der Waals surface area contributed by atoms with Gasteiger partial charge in [0.1, 0.15) is 5.75 Å². The number of rotatable bonds is 8. The molecule has 0 heterocycles. The maximum absolute atomic E-state index is 5.79. The van der Waals surface area contributed by atoms with Gasteiger partial charge in [-0.05, 0) is 49.4 Å². The molecule has 0 aliphatic carbocycles. The van der Waals surface area contributed by atoms with Crippen molar-refractivity contribution in [3.63, 3.8) is 0 Å². The first-order valence-electron chi connectivity index (χ1n) is 6.12. The lowest BCUT2D eigenvalue weighted by Gasteiger charge is -2.14. The molecule has 1 rings (SSSR count). The Kier molecular flexibility index (Phi) is 6.67. The van der Waals surface area contributed by atoms with Gasteiger partial charge in [-0.1, -0.05) is 12.1 Å². The summed E-state index contributed by atoms with van der Waals surface area (Å²) >= 11 is 0. The predicted octanol–water partition coefficient (Wildman–Crippen LogP) is 2.24. The van der Waals surface area contributed by atoms with Crippen LogP contribution in [0.1, 0.15) is 18.4 Å². The van der Waals surface area contributed by atoms with Gasteiger partial charge in [0, 0.05) is 13.7 Å². The summed E-state index contributed by atoms with van der Waals surface area (Å²) in [5.74, 6) is 1.44. The molecule has 0 aliphatic heterocycles. The van der Waals surface area contributed by atoms with Crippen molar-refractivity contribution >= 4 is 0 Å². The number of ether oxygens (including phenoxy) is 2. The summed E-state index contributed by atoms with van der Waals surface area (Å²) in [5.41, 5.74) is 7.11. The standard InChI is InChI=1S/C14H23NO2/c1-16-9-3-4-13(11-15)10-12-5-7-14(17-2)8-6-12/h5-8,13H,3-4,9-11,15H2,1-2H3. The highest BCUT2D eigenvalue weighted by Gasteiger charge is 2.07. The zero-order valence-corrected chi connectivity index (χ0v) is 10.8. The maximum Gasteiger partial charge on any atom is 0.118 e. The average Bonchev–Trinajstić information content (AvgIpc) is 2.38. The number of hydrogen-bond donors (Lipinski definition) is 1.